The first-order chi connectivity index (χ1) is 12.3. The fourth-order valence-corrected chi connectivity index (χ4v) is 3.35. The van der Waals surface area contributed by atoms with Crippen LogP contribution in [0.15, 0.2) is 41.2 Å². The number of nitrogens with one attached hydrogen (secondary N) is 1. The lowest BCUT2D eigenvalue weighted by molar-refractivity contribution is 0.190. The van der Waals surface area contributed by atoms with Gasteiger partial charge in [0.2, 0.25) is 0 Å². The van der Waals surface area contributed by atoms with Crippen molar-refractivity contribution in [3.05, 3.63) is 67.8 Å². The van der Waals surface area contributed by atoms with Crippen LogP contribution in [-0.4, -0.2) is 20.8 Å². The number of fused-ring (bicyclic) bond motifs is 1. The number of carboxylic acid groups (broad SMARTS) is 1. The Morgan fingerprint density at radius 2 is 2.00 bits per heavy atom. The number of hydrogen-bond acceptors (Lipinski definition) is 3. The Labute approximate surface area is 159 Å². The number of halogens is 3. The van der Waals surface area contributed by atoms with Gasteiger partial charge in [0.1, 0.15) is 17.5 Å². The summed E-state index contributed by atoms with van der Waals surface area (Å²) >= 11 is 1.85. The van der Waals surface area contributed by atoms with E-state index in [2.05, 4.69) is 10.3 Å². The summed E-state index contributed by atoms with van der Waals surface area (Å²) in [6.07, 6.45) is -1.30. The molecule has 26 heavy (non-hydrogen) atoms. The van der Waals surface area contributed by atoms with E-state index in [9.17, 15) is 18.4 Å². The molecule has 0 saturated carbocycles. The van der Waals surface area contributed by atoms with Crippen molar-refractivity contribution in [1.29, 1.82) is 0 Å². The van der Waals surface area contributed by atoms with Crippen LogP contribution in [0.2, 0.25) is 0 Å². The SMILES string of the molecule is CC(NC(=O)O)c1nc2c(I)cc(F)cc2c(=O)n1-c1cccc(F)c1. The highest BCUT2D eigenvalue weighted by molar-refractivity contribution is 14.1. The summed E-state index contributed by atoms with van der Waals surface area (Å²) in [7, 11) is 0. The molecule has 0 fully saturated rings. The Kier molecular flexibility index (Phi) is 4.90. The first-order valence-electron chi connectivity index (χ1n) is 7.45. The molecule has 1 heterocycles. The number of amides is 1. The third-order valence-corrected chi connectivity index (χ3v) is 4.53. The van der Waals surface area contributed by atoms with E-state index in [1.54, 1.807) is 0 Å². The maximum absolute atomic E-state index is 13.8. The topological polar surface area (TPSA) is 84.2 Å². The summed E-state index contributed by atoms with van der Waals surface area (Å²) in [5.41, 5.74) is -0.205. The van der Waals surface area contributed by atoms with Gasteiger partial charge in [0.15, 0.2) is 0 Å². The number of carbonyl (C=O) groups is 1. The van der Waals surface area contributed by atoms with Crippen molar-refractivity contribution in [2.24, 2.45) is 0 Å². The van der Waals surface area contributed by atoms with E-state index >= 15 is 0 Å². The van der Waals surface area contributed by atoms with Crippen LogP contribution >= 0.6 is 22.6 Å². The molecule has 1 atom stereocenters. The van der Waals surface area contributed by atoms with Gasteiger partial charge in [0.25, 0.3) is 5.56 Å². The number of nitrogens with zero attached hydrogens (tertiary/aromatic N) is 2. The molecule has 0 radical (unpaired) electrons. The second-order valence-electron chi connectivity index (χ2n) is 5.55. The lowest BCUT2D eigenvalue weighted by Crippen LogP contribution is -2.32. The van der Waals surface area contributed by atoms with Gasteiger partial charge >= 0.3 is 6.09 Å². The molecule has 0 spiro atoms. The first kappa shape index (κ1) is 18.2. The second-order valence-corrected chi connectivity index (χ2v) is 6.71. The predicted molar refractivity (Wildman–Crippen MR) is 99.5 cm³/mol. The molecular weight excluding hydrogens is 459 g/mol. The quantitative estimate of drug-likeness (QED) is 0.572. The lowest BCUT2D eigenvalue weighted by Gasteiger charge is -2.19. The van der Waals surface area contributed by atoms with Crippen molar-refractivity contribution in [2.75, 3.05) is 0 Å². The molecule has 0 bridgehead atoms. The molecule has 3 rings (SSSR count). The van der Waals surface area contributed by atoms with Crippen LogP contribution < -0.4 is 10.9 Å². The third-order valence-electron chi connectivity index (χ3n) is 3.71. The molecular formula is C17H12F2IN3O3. The average Bonchev–Trinajstić information content (AvgIpc) is 2.54. The molecule has 2 N–H and O–H groups in total. The van der Waals surface area contributed by atoms with Crippen LogP contribution in [0.4, 0.5) is 13.6 Å². The molecule has 1 amide bonds. The Morgan fingerprint density at radius 3 is 2.65 bits per heavy atom. The van der Waals surface area contributed by atoms with E-state index in [-0.39, 0.29) is 22.4 Å². The summed E-state index contributed by atoms with van der Waals surface area (Å²) in [4.78, 5) is 28.4. The minimum absolute atomic E-state index is 0.0185. The fraction of sp³-hybridized carbons (Fsp3) is 0.118. The predicted octanol–water partition coefficient (Wildman–Crippen LogP) is 3.60. The normalized spacial score (nSPS) is 12.2. The molecule has 9 heteroatoms. The van der Waals surface area contributed by atoms with E-state index < -0.39 is 29.3 Å². The molecule has 1 unspecified atom stereocenters. The zero-order chi connectivity index (χ0) is 19.0. The fourth-order valence-electron chi connectivity index (χ4n) is 2.64. The molecule has 6 nitrogen and oxygen atoms in total. The van der Waals surface area contributed by atoms with E-state index in [1.807, 2.05) is 22.6 Å². The molecule has 1 aromatic heterocycles. The molecule has 134 valence electrons. The molecule has 0 aliphatic carbocycles. The summed E-state index contributed by atoms with van der Waals surface area (Å²) in [6.45, 7) is 1.51. The van der Waals surface area contributed by atoms with Gasteiger partial charge in [0, 0.05) is 3.57 Å². The zero-order valence-electron chi connectivity index (χ0n) is 13.3. The molecule has 0 aliphatic rings. The van der Waals surface area contributed by atoms with Crippen LogP contribution in [0.1, 0.15) is 18.8 Å². The minimum atomic E-state index is -1.30. The molecule has 0 aliphatic heterocycles. The number of aromatic nitrogens is 2. The Balaban J connectivity index is 2.40. The van der Waals surface area contributed by atoms with Crippen molar-refractivity contribution >= 4 is 39.6 Å². The van der Waals surface area contributed by atoms with Crippen molar-refractivity contribution in [3.63, 3.8) is 0 Å². The summed E-state index contributed by atoms with van der Waals surface area (Å²) in [5, 5.41) is 11.2. The Morgan fingerprint density at radius 1 is 1.27 bits per heavy atom. The van der Waals surface area contributed by atoms with Gasteiger partial charge in [0.05, 0.1) is 22.6 Å². The maximum atomic E-state index is 13.8. The number of hydrogen-bond donors (Lipinski definition) is 2. The molecule has 2 aromatic carbocycles. The van der Waals surface area contributed by atoms with Crippen molar-refractivity contribution in [3.8, 4) is 5.69 Å². The van der Waals surface area contributed by atoms with Gasteiger partial charge in [-0.2, -0.15) is 0 Å². The highest BCUT2D eigenvalue weighted by atomic mass is 127. The van der Waals surface area contributed by atoms with Crippen LogP contribution in [0.5, 0.6) is 0 Å². The van der Waals surface area contributed by atoms with Gasteiger partial charge in [-0.25, -0.2) is 18.6 Å². The third kappa shape index (κ3) is 3.39. The van der Waals surface area contributed by atoms with Gasteiger partial charge in [-0.05, 0) is 59.8 Å². The lowest BCUT2D eigenvalue weighted by atomic mass is 10.2. The molecule has 0 saturated heterocycles. The largest absolute Gasteiger partial charge is 0.465 e. The maximum Gasteiger partial charge on any atom is 0.405 e. The van der Waals surface area contributed by atoms with Crippen LogP contribution in [0, 0.1) is 15.2 Å². The average molecular weight is 471 g/mol. The van der Waals surface area contributed by atoms with Crippen LogP contribution in [0.3, 0.4) is 0 Å². The Bertz CT molecular complexity index is 1080. The van der Waals surface area contributed by atoms with E-state index in [0.29, 0.717) is 3.57 Å². The number of rotatable bonds is 3. The number of benzene rings is 2. The van der Waals surface area contributed by atoms with Crippen LogP contribution in [-0.2, 0) is 0 Å². The van der Waals surface area contributed by atoms with Crippen molar-refractivity contribution in [2.45, 2.75) is 13.0 Å². The van der Waals surface area contributed by atoms with Crippen molar-refractivity contribution < 1.29 is 18.7 Å². The summed E-state index contributed by atoms with van der Waals surface area (Å²) in [5.74, 6) is -1.11. The van der Waals surface area contributed by atoms with E-state index in [4.69, 9.17) is 5.11 Å². The minimum Gasteiger partial charge on any atom is -0.465 e. The smallest absolute Gasteiger partial charge is 0.405 e. The monoisotopic (exact) mass is 471 g/mol. The van der Waals surface area contributed by atoms with Gasteiger partial charge in [-0.15, -0.1) is 0 Å². The van der Waals surface area contributed by atoms with E-state index in [0.717, 1.165) is 16.7 Å². The highest BCUT2D eigenvalue weighted by Crippen LogP contribution is 2.23. The van der Waals surface area contributed by atoms with E-state index in [1.165, 1.54) is 31.2 Å². The zero-order valence-corrected chi connectivity index (χ0v) is 15.5. The summed E-state index contributed by atoms with van der Waals surface area (Å²) in [6, 6.07) is 6.64. The highest BCUT2D eigenvalue weighted by Gasteiger charge is 2.21. The standard InChI is InChI=1S/C17H12F2IN3O3/c1-8(21-17(25)26)15-22-14-12(6-10(19)7-13(14)20)16(24)23(15)11-4-2-3-9(18)5-11/h2-8,21H,1H3,(H,25,26). The Hall–Kier alpha value is -2.56. The van der Waals surface area contributed by atoms with Gasteiger partial charge in [-0.3, -0.25) is 9.36 Å². The first-order valence-corrected chi connectivity index (χ1v) is 8.53. The summed E-state index contributed by atoms with van der Waals surface area (Å²) < 4.78 is 28.9. The van der Waals surface area contributed by atoms with Gasteiger partial charge in [-0.1, -0.05) is 6.07 Å². The second kappa shape index (κ2) is 6.98. The van der Waals surface area contributed by atoms with Gasteiger partial charge < -0.3 is 10.4 Å². The molecule has 3 aromatic rings. The van der Waals surface area contributed by atoms with Crippen molar-refractivity contribution in [1.82, 2.24) is 14.9 Å². The van der Waals surface area contributed by atoms with Crippen LogP contribution in [0.25, 0.3) is 16.6 Å².